The zero-order valence-electron chi connectivity index (χ0n) is 17.4. The summed E-state index contributed by atoms with van der Waals surface area (Å²) in [4.78, 5) is 12.9. The number of aromatic amines is 1. The van der Waals surface area contributed by atoms with E-state index in [0.29, 0.717) is 19.0 Å². The Hall–Kier alpha value is -3.38. The van der Waals surface area contributed by atoms with Gasteiger partial charge in [-0.25, -0.2) is 4.99 Å². The Morgan fingerprint density at radius 1 is 1.17 bits per heavy atom. The number of aliphatic imine (C=N–C) groups is 2. The maximum atomic E-state index is 4.90. The van der Waals surface area contributed by atoms with Crippen molar-refractivity contribution in [3.05, 3.63) is 83.9 Å². The van der Waals surface area contributed by atoms with Crippen LogP contribution in [0.25, 0.3) is 10.9 Å². The number of hydrogen-bond donors (Lipinski definition) is 4. The quantitative estimate of drug-likeness (QED) is 0.631. The van der Waals surface area contributed by atoms with Crippen LogP contribution in [-0.4, -0.2) is 29.9 Å². The molecule has 6 nitrogen and oxygen atoms in total. The first-order valence-electron chi connectivity index (χ1n) is 10.3. The summed E-state index contributed by atoms with van der Waals surface area (Å²) in [5.41, 5.74) is 6.05. The van der Waals surface area contributed by atoms with Crippen molar-refractivity contribution >= 4 is 22.6 Å². The Kier molecular flexibility index (Phi) is 5.95. The van der Waals surface area contributed by atoms with E-state index in [2.05, 4.69) is 52.3 Å². The molecule has 0 aliphatic carbocycles. The molecule has 154 valence electrons. The average Bonchev–Trinajstić information content (AvgIpc) is 3.15. The van der Waals surface area contributed by atoms with E-state index in [9.17, 15) is 0 Å². The maximum Gasteiger partial charge on any atom is 0.160 e. The average molecular weight is 401 g/mol. The molecule has 0 fully saturated rings. The highest BCUT2D eigenvalue weighted by Crippen LogP contribution is 2.19. The van der Waals surface area contributed by atoms with Crippen molar-refractivity contribution in [2.24, 2.45) is 9.98 Å². The fourth-order valence-corrected chi connectivity index (χ4v) is 3.61. The number of H-pyrrole nitrogens is 1. The molecule has 2 aliphatic rings. The van der Waals surface area contributed by atoms with Crippen LogP contribution in [0.5, 0.6) is 0 Å². The molecule has 0 unspecified atom stereocenters. The summed E-state index contributed by atoms with van der Waals surface area (Å²) in [5, 5.41) is 11.3. The van der Waals surface area contributed by atoms with E-state index in [-0.39, 0.29) is 0 Å². The number of fused-ring (bicyclic) bond motifs is 1. The lowest BCUT2D eigenvalue weighted by atomic mass is 10.1. The lowest BCUT2D eigenvalue weighted by molar-refractivity contribution is 0.662. The number of allylic oxidation sites excluding steroid dienone is 3. The highest BCUT2D eigenvalue weighted by Gasteiger charge is 2.16. The summed E-state index contributed by atoms with van der Waals surface area (Å²) in [6, 6.07) is 8.30. The van der Waals surface area contributed by atoms with Gasteiger partial charge in [-0.1, -0.05) is 31.4 Å². The van der Waals surface area contributed by atoms with Crippen LogP contribution in [-0.2, 0) is 6.54 Å². The molecule has 30 heavy (non-hydrogen) atoms. The lowest BCUT2D eigenvalue weighted by Gasteiger charge is -2.20. The predicted molar refractivity (Wildman–Crippen MR) is 125 cm³/mol. The standard InChI is InChI=1S/C24H28N6/c1-16-7-6-12-25-15-28-24(20-11-10-17(2)29-18(20)3)30-23(16)27-14-19-13-26-22-9-5-4-8-21(19)22/h4-5,8-11,13,25-26,29H,1,3,6-7,12,14-15H2,2H3,(H,27,28,30). The molecule has 2 aromatic rings. The van der Waals surface area contributed by atoms with Gasteiger partial charge in [-0.15, -0.1) is 0 Å². The van der Waals surface area contributed by atoms with Crippen LogP contribution < -0.4 is 16.0 Å². The van der Waals surface area contributed by atoms with E-state index >= 15 is 0 Å². The Morgan fingerprint density at radius 3 is 2.90 bits per heavy atom. The zero-order chi connectivity index (χ0) is 20.9. The lowest BCUT2D eigenvalue weighted by Crippen LogP contribution is -2.29. The third-order valence-corrected chi connectivity index (χ3v) is 5.26. The summed E-state index contributed by atoms with van der Waals surface area (Å²) in [5.74, 6) is 1.43. The molecule has 0 spiro atoms. The predicted octanol–water partition coefficient (Wildman–Crippen LogP) is 3.90. The van der Waals surface area contributed by atoms with Crippen molar-refractivity contribution in [2.75, 3.05) is 13.2 Å². The summed E-state index contributed by atoms with van der Waals surface area (Å²) >= 11 is 0. The van der Waals surface area contributed by atoms with Crippen LogP contribution in [0.15, 0.2) is 88.3 Å². The molecule has 4 N–H and O–H groups in total. The van der Waals surface area contributed by atoms with Gasteiger partial charge in [0.1, 0.15) is 5.84 Å². The van der Waals surface area contributed by atoms with Gasteiger partial charge in [0.25, 0.3) is 0 Å². The second kappa shape index (κ2) is 8.97. The van der Waals surface area contributed by atoms with Crippen molar-refractivity contribution in [1.82, 2.24) is 20.9 Å². The Morgan fingerprint density at radius 2 is 2.03 bits per heavy atom. The molecule has 2 aliphatic heterocycles. The van der Waals surface area contributed by atoms with E-state index < -0.39 is 0 Å². The molecular formula is C24H28N6. The fraction of sp³-hybridized carbons (Fsp3) is 0.250. The highest BCUT2D eigenvalue weighted by molar-refractivity contribution is 6.13. The minimum Gasteiger partial charge on any atom is -0.366 e. The second-order valence-electron chi connectivity index (χ2n) is 7.55. The van der Waals surface area contributed by atoms with Gasteiger partial charge >= 0.3 is 0 Å². The smallest absolute Gasteiger partial charge is 0.160 e. The van der Waals surface area contributed by atoms with E-state index in [4.69, 9.17) is 9.98 Å². The van der Waals surface area contributed by atoms with E-state index in [1.807, 2.05) is 31.3 Å². The van der Waals surface area contributed by atoms with Gasteiger partial charge in [0.05, 0.1) is 6.67 Å². The SMILES string of the molecule is C=C1NC(C)=CC=C1C1=N/CNCCCC(=C)/C(NCc2c[nH]c3ccccc23)=N\1. The van der Waals surface area contributed by atoms with Gasteiger partial charge < -0.3 is 15.6 Å². The third kappa shape index (κ3) is 4.44. The van der Waals surface area contributed by atoms with Gasteiger partial charge in [0, 0.05) is 40.6 Å². The monoisotopic (exact) mass is 400 g/mol. The largest absolute Gasteiger partial charge is 0.366 e. The number of nitrogens with one attached hydrogen (secondary N) is 4. The molecule has 1 aromatic heterocycles. The van der Waals surface area contributed by atoms with Crippen LogP contribution >= 0.6 is 0 Å². The molecule has 3 heterocycles. The molecule has 0 atom stereocenters. The molecule has 0 bridgehead atoms. The summed E-state index contributed by atoms with van der Waals surface area (Å²) in [7, 11) is 0. The minimum atomic E-state index is 0.522. The number of nitrogens with zero attached hydrogens (tertiary/aromatic N) is 2. The van der Waals surface area contributed by atoms with Gasteiger partial charge in [0.15, 0.2) is 5.84 Å². The molecule has 0 saturated carbocycles. The molecule has 0 radical (unpaired) electrons. The van der Waals surface area contributed by atoms with Crippen molar-refractivity contribution in [3.8, 4) is 0 Å². The molecular weight excluding hydrogens is 372 g/mol. The van der Waals surface area contributed by atoms with Crippen molar-refractivity contribution in [2.45, 2.75) is 26.3 Å². The van der Waals surface area contributed by atoms with E-state index in [0.717, 1.165) is 53.3 Å². The summed E-state index contributed by atoms with van der Waals surface area (Å²) in [6.45, 7) is 12.5. The van der Waals surface area contributed by atoms with E-state index in [1.165, 1.54) is 10.9 Å². The van der Waals surface area contributed by atoms with Gasteiger partial charge in [0.2, 0.25) is 0 Å². The fourth-order valence-electron chi connectivity index (χ4n) is 3.61. The Bertz CT molecular complexity index is 1100. The number of para-hydroxylation sites is 1. The number of dihydropyridines is 1. The number of hydrogen-bond acceptors (Lipinski definition) is 5. The van der Waals surface area contributed by atoms with Crippen LogP contribution in [0.2, 0.25) is 0 Å². The van der Waals surface area contributed by atoms with Gasteiger partial charge in [-0.05, 0) is 55.7 Å². The summed E-state index contributed by atoms with van der Waals surface area (Å²) < 4.78 is 0. The molecule has 0 saturated heterocycles. The van der Waals surface area contributed by atoms with Crippen molar-refractivity contribution in [1.29, 1.82) is 0 Å². The van der Waals surface area contributed by atoms with Gasteiger partial charge in [-0.3, -0.25) is 10.3 Å². The Labute approximate surface area is 177 Å². The van der Waals surface area contributed by atoms with Crippen molar-refractivity contribution < 1.29 is 0 Å². The third-order valence-electron chi connectivity index (χ3n) is 5.26. The highest BCUT2D eigenvalue weighted by atomic mass is 15.1. The Balaban J connectivity index is 1.64. The van der Waals surface area contributed by atoms with Crippen LogP contribution in [0.4, 0.5) is 0 Å². The maximum absolute atomic E-state index is 4.90. The molecule has 4 rings (SSSR count). The van der Waals surface area contributed by atoms with Gasteiger partial charge in [-0.2, -0.15) is 0 Å². The van der Waals surface area contributed by atoms with Crippen LogP contribution in [0, 0.1) is 0 Å². The normalized spacial score (nSPS) is 21.6. The summed E-state index contributed by atoms with van der Waals surface area (Å²) in [6.07, 6.45) is 7.95. The first-order valence-corrected chi connectivity index (χ1v) is 10.3. The number of amidine groups is 2. The van der Waals surface area contributed by atoms with Crippen LogP contribution in [0.1, 0.15) is 25.3 Å². The zero-order valence-corrected chi connectivity index (χ0v) is 17.4. The second-order valence-corrected chi connectivity index (χ2v) is 7.55. The number of aromatic nitrogens is 1. The topological polar surface area (TPSA) is 76.6 Å². The van der Waals surface area contributed by atoms with Crippen LogP contribution in [0.3, 0.4) is 0 Å². The molecule has 6 heteroatoms. The number of benzene rings is 1. The number of rotatable bonds is 3. The molecule has 1 aromatic carbocycles. The minimum absolute atomic E-state index is 0.522. The first kappa shape index (κ1) is 19.9. The van der Waals surface area contributed by atoms with E-state index in [1.54, 1.807) is 0 Å². The molecule has 0 amide bonds. The van der Waals surface area contributed by atoms with Crippen molar-refractivity contribution in [3.63, 3.8) is 0 Å². The first-order chi connectivity index (χ1) is 14.6.